The third-order valence-electron chi connectivity index (χ3n) is 1.67. The highest BCUT2D eigenvalue weighted by molar-refractivity contribution is 6.02. The van der Waals surface area contributed by atoms with Crippen molar-refractivity contribution in [3.8, 4) is 0 Å². The zero-order valence-corrected chi connectivity index (χ0v) is 7.16. The van der Waals surface area contributed by atoms with E-state index in [1.165, 1.54) is 0 Å². The Labute approximate surface area is 70.8 Å². The molecule has 4 nitrogen and oxygen atoms in total. The molecule has 0 aromatic carbocycles. The van der Waals surface area contributed by atoms with Crippen molar-refractivity contribution in [1.29, 1.82) is 0 Å². The van der Waals surface area contributed by atoms with E-state index in [-0.39, 0.29) is 18.6 Å². The van der Waals surface area contributed by atoms with Crippen LogP contribution in [0.2, 0.25) is 0 Å². The number of rotatable bonds is 1. The zero-order chi connectivity index (χ0) is 9.30. The van der Waals surface area contributed by atoms with Gasteiger partial charge in [-0.3, -0.25) is 4.79 Å². The molecule has 1 aliphatic rings. The number of hydrogen-bond acceptors (Lipinski definition) is 3. The van der Waals surface area contributed by atoms with E-state index in [0.29, 0.717) is 5.57 Å². The number of imide groups is 1. The summed E-state index contributed by atoms with van der Waals surface area (Å²) in [5, 5.41) is 0. The highest BCUT2D eigenvalue weighted by atomic mass is 16.6. The lowest BCUT2D eigenvalue weighted by molar-refractivity contribution is -0.124. The lowest BCUT2D eigenvalue weighted by Gasteiger charge is -2.14. The normalized spacial score (nSPS) is 22.3. The monoisotopic (exact) mass is 169 g/mol. The molecule has 0 unspecified atom stereocenters. The number of nitrogens with zero attached hydrogens (tertiary/aromatic N) is 1. The maximum absolute atomic E-state index is 11.3. The van der Waals surface area contributed by atoms with Crippen LogP contribution in [0.25, 0.3) is 0 Å². The zero-order valence-electron chi connectivity index (χ0n) is 7.16. The first-order chi connectivity index (χ1) is 5.54. The second-order valence-corrected chi connectivity index (χ2v) is 2.88. The van der Waals surface area contributed by atoms with Crippen LogP contribution in [0.1, 0.15) is 13.8 Å². The van der Waals surface area contributed by atoms with Crippen molar-refractivity contribution in [2.75, 3.05) is 6.61 Å². The van der Waals surface area contributed by atoms with Crippen LogP contribution in [0, 0.1) is 0 Å². The molecule has 0 aliphatic carbocycles. The van der Waals surface area contributed by atoms with Gasteiger partial charge in [-0.2, -0.15) is 0 Å². The van der Waals surface area contributed by atoms with Gasteiger partial charge in [0.25, 0.3) is 5.91 Å². The van der Waals surface area contributed by atoms with Crippen LogP contribution in [0.3, 0.4) is 0 Å². The third-order valence-corrected chi connectivity index (χ3v) is 1.67. The van der Waals surface area contributed by atoms with Gasteiger partial charge in [-0.05, 0) is 13.8 Å². The number of ether oxygens (including phenoxy) is 1. The second kappa shape index (κ2) is 2.97. The Morgan fingerprint density at radius 1 is 1.75 bits per heavy atom. The molecule has 2 amide bonds. The van der Waals surface area contributed by atoms with Crippen molar-refractivity contribution in [1.82, 2.24) is 4.90 Å². The summed E-state index contributed by atoms with van der Waals surface area (Å²) in [6, 6.07) is -0.179. The Morgan fingerprint density at radius 3 is 2.67 bits per heavy atom. The van der Waals surface area contributed by atoms with Gasteiger partial charge >= 0.3 is 6.09 Å². The Hall–Kier alpha value is -1.32. The van der Waals surface area contributed by atoms with Crippen molar-refractivity contribution in [3.63, 3.8) is 0 Å². The van der Waals surface area contributed by atoms with Gasteiger partial charge in [-0.25, -0.2) is 9.69 Å². The van der Waals surface area contributed by atoms with E-state index in [0.717, 1.165) is 4.90 Å². The fourth-order valence-corrected chi connectivity index (χ4v) is 1.00. The molecule has 0 saturated carbocycles. The first-order valence-electron chi connectivity index (χ1n) is 3.70. The molecule has 4 heteroatoms. The first kappa shape index (κ1) is 8.77. The Kier molecular flexibility index (Phi) is 2.17. The molecule has 12 heavy (non-hydrogen) atoms. The van der Waals surface area contributed by atoms with Crippen LogP contribution in [0.5, 0.6) is 0 Å². The molecule has 0 N–H and O–H groups in total. The van der Waals surface area contributed by atoms with Crippen molar-refractivity contribution >= 4 is 12.0 Å². The lowest BCUT2D eigenvalue weighted by Crippen LogP contribution is -2.37. The molecule has 0 aromatic heterocycles. The van der Waals surface area contributed by atoms with E-state index in [1.807, 2.05) is 0 Å². The summed E-state index contributed by atoms with van der Waals surface area (Å²) in [4.78, 5) is 23.3. The largest absolute Gasteiger partial charge is 0.447 e. The topological polar surface area (TPSA) is 46.6 Å². The number of cyclic esters (lactones) is 1. The number of amides is 2. The minimum atomic E-state index is -0.574. The maximum atomic E-state index is 11.3. The minimum absolute atomic E-state index is 0.179. The Morgan fingerprint density at radius 2 is 2.33 bits per heavy atom. The van der Waals surface area contributed by atoms with Crippen molar-refractivity contribution in [3.05, 3.63) is 12.2 Å². The van der Waals surface area contributed by atoms with E-state index in [4.69, 9.17) is 0 Å². The number of hydrogen-bond donors (Lipinski definition) is 0. The quantitative estimate of drug-likeness (QED) is 0.548. The summed E-state index contributed by atoms with van der Waals surface area (Å²) in [5.41, 5.74) is 0.348. The summed E-state index contributed by atoms with van der Waals surface area (Å²) in [5.74, 6) is -0.356. The average Bonchev–Trinajstić information content (AvgIpc) is 2.30. The van der Waals surface area contributed by atoms with Crippen molar-refractivity contribution in [2.45, 2.75) is 19.9 Å². The molecule has 0 bridgehead atoms. The van der Waals surface area contributed by atoms with Gasteiger partial charge in [0.15, 0.2) is 0 Å². The van der Waals surface area contributed by atoms with Crippen LogP contribution in [0.4, 0.5) is 4.79 Å². The third kappa shape index (κ3) is 1.32. The molecule has 1 rings (SSSR count). The predicted octanol–water partition coefficient (Wildman–Crippen LogP) is 0.930. The lowest BCUT2D eigenvalue weighted by atomic mass is 10.2. The fraction of sp³-hybridized carbons (Fsp3) is 0.500. The van der Waals surface area contributed by atoms with Gasteiger partial charge < -0.3 is 4.74 Å². The molecular weight excluding hydrogens is 158 g/mol. The second-order valence-electron chi connectivity index (χ2n) is 2.88. The van der Waals surface area contributed by atoms with Gasteiger partial charge in [-0.15, -0.1) is 0 Å². The van der Waals surface area contributed by atoms with E-state index in [9.17, 15) is 9.59 Å². The Bertz CT molecular complexity index is 247. The van der Waals surface area contributed by atoms with Gasteiger partial charge in [0.05, 0.1) is 6.04 Å². The van der Waals surface area contributed by atoms with Gasteiger partial charge in [0, 0.05) is 5.57 Å². The fourth-order valence-electron chi connectivity index (χ4n) is 1.00. The van der Waals surface area contributed by atoms with Crippen molar-refractivity contribution < 1.29 is 14.3 Å². The first-order valence-corrected chi connectivity index (χ1v) is 3.70. The molecule has 1 atom stereocenters. The van der Waals surface area contributed by atoms with Gasteiger partial charge in [-0.1, -0.05) is 6.58 Å². The molecule has 0 aromatic rings. The molecule has 0 spiro atoms. The molecular formula is C8H11NO3. The summed E-state index contributed by atoms with van der Waals surface area (Å²) in [6.07, 6.45) is -0.574. The predicted molar refractivity (Wildman–Crippen MR) is 42.5 cm³/mol. The molecule has 1 heterocycles. The van der Waals surface area contributed by atoms with Crippen LogP contribution in [0.15, 0.2) is 12.2 Å². The van der Waals surface area contributed by atoms with Gasteiger partial charge in [0.2, 0.25) is 0 Å². The molecule has 0 radical (unpaired) electrons. The molecule has 1 fully saturated rings. The number of carbonyl (C=O) groups excluding carboxylic acids is 2. The smallest absolute Gasteiger partial charge is 0.417 e. The number of carbonyl (C=O) groups is 2. The summed E-state index contributed by atoms with van der Waals surface area (Å²) in [6.45, 7) is 7.07. The highest BCUT2D eigenvalue weighted by Crippen LogP contribution is 2.14. The maximum Gasteiger partial charge on any atom is 0.417 e. The van der Waals surface area contributed by atoms with Gasteiger partial charge in [0.1, 0.15) is 6.61 Å². The van der Waals surface area contributed by atoms with E-state index in [2.05, 4.69) is 11.3 Å². The van der Waals surface area contributed by atoms with E-state index < -0.39 is 6.09 Å². The molecule has 1 aliphatic heterocycles. The van der Waals surface area contributed by atoms with E-state index in [1.54, 1.807) is 13.8 Å². The molecule has 1 saturated heterocycles. The minimum Gasteiger partial charge on any atom is -0.447 e. The SMILES string of the molecule is C=C(C)C(=O)N1C(=O)OC[C@@H]1C. The summed E-state index contributed by atoms with van der Waals surface area (Å²) in [7, 11) is 0. The summed E-state index contributed by atoms with van der Waals surface area (Å²) < 4.78 is 4.67. The average molecular weight is 169 g/mol. The Balaban J connectivity index is 2.79. The standard InChI is InChI=1S/C8H11NO3/c1-5(2)7(10)9-6(3)4-12-8(9)11/h6H,1,4H2,2-3H3/t6-/m0/s1. The summed E-state index contributed by atoms with van der Waals surface area (Å²) >= 11 is 0. The van der Waals surface area contributed by atoms with Crippen LogP contribution in [-0.2, 0) is 9.53 Å². The van der Waals surface area contributed by atoms with E-state index >= 15 is 0 Å². The van der Waals surface area contributed by atoms with Crippen molar-refractivity contribution in [2.24, 2.45) is 0 Å². The highest BCUT2D eigenvalue weighted by Gasteiger charge is 2.34. The van der Waals surface area contributed by atoms with Crippen LogP contribution < -0.4 is 0 Å². The van der Waals surface area contributed by atoms with Crippen LogP contribution >= 0.6 is 0 Å². The van der Waals surface area contributed by atoms with Crippen LogP contribution in [-0.4, -0.2) is 29.5 Å². The molecule has 66 valence electrons.